The van der Waals surface area contributed by atoms with Crippen LogP contribution in [-0.2, 0) is 43.2 Å². The number of thiol groups is 2. The molecule has 402 valence electrons. The van der Waals surface area contributed by atoms with Crippen molar-refractivity contribution in [2.24, 2.45) is 45.7 Å². The molecule has 0 spiro atoms. The van der Waals surface area contributed by atoms with Gasteiger partial charge in [0.2, 0.25) is 47.3 Å². The molecule has 17 N–H and O–H groups in total. The number of hydrogen-bond donors (Lipinski definition) is 15. The number of nitrogens with zero attached hydrogens (tertiary/aromatic N) is 1. The van der Waals surface area contributed by atoms with Crippen LogP contribution in [0.3, 0.4) is 0 Å². The molecule has 0 aliphatic heterocycles. The highest BCUT2D eigenvalue weighted by molar-refractivity contribution is 7.98. The summed E-state index contributed by atoms with van der Waals surface area (Å²) in [6, 6.07) is -10.6. The largest absolute Gasteiger partial charge is 0.480 e. The zero-order valence-electron chi connectivity index (χ0n) is 42.0. The number of rotatable bonds is 36. The van der Waals surface area contributed by atoms with Crippen LogP contribution in [-0.4, -0.2) is 155 Å². The van der Waals surface area contributed by atoms with Crippen LogP contribution in [0.5, 0.6) is 0 Å². The van der Waals surface area contributed by atoms with Crippen LogP contribution < -0.4 is 65.5 Å². The Labute approximate surface area is 428 Å². The second kappa shape index (κ2) is 35.6. The van der Waals surface area contributed by atoms with Gasteiger partial charge in [0, 0.05) is 18.1 Å². The third-order valence-corrected chi connectivity index (χ3v) is 12.8. The molecule has 0 saturated carbocycles. The van der Waals surface area contributed by atoms with E-state index in [4.69, 9.17) is 22.9 Å². The van der Waals surface area contributed by atoms with Crippen LogP contribution in [0.25, 0.3) is 0 Å². The van der Waals surface area contributed by atoms with Gasteiger partial charge in [-0.05, 0) is 88.2 Å². The van der Waals surface area contributed by atoms with E-state index >= 15 is 0 Å². The van der Waals surface area contributed by atoms with Crippen molar-refractivity contribution < 1.29 is 48.3 Å². The van der Waals surface area contributed by atoms with E-state index in [1.54, 1.807) is 27.0 Å². The molecule has 0 radical (unpaired) electrons. The zero-order valence-corrected chi connectivity index (χ0v) is 44.6. The van der Waals surface area contributed by atoms with Gasteiger partial charge >= 0.3 is 5.97 Å². The number of carboxylic acid groups (broad SMARTS) is 1. The number of unbranched alkanes of at least 4 members (excludes halogenated alkanes) is 1. The molecule has 0 fully saturated rings. The van der Waals surface area contributed by atoms with Gasteiger partial charge in [-0.15, -0.1) is 0 Å². The number of nitrogens with one attached hydrogen (secondary N) is 8. The molecule has 0 heterocycles. The summed E-state index contributed by atoms with van der Waals surface area (Å²) in [7, 11) is 0. The van der Waals surface area contributed by atoms with Crippen LogP contribution in [0.4, 0.5) is 0 Å². The minimum absolute atomic E-state index is 0.0195. The van der Waals surface area contributed by atoms with E-state index < -0.39 is 114 Å². The third-order valence-electron chi connectivity index (χ3n) is 11.4. The number of guanidine groups is 1. The number of hydrogen-bond acceptors (Lipinski definition) is 15. The molecule has 0 aromatic rings. The first-order valence-electron chi connectivity index (χ1n) is 23.8. The minimum Gasteiger partial charge on any atom is -0.480 e. The molecule has 70 heavy (non-hydrogen) atoms. The van der Waals surface area contributed by atoms with E-state index in [0.717, 1.165) is 0 Å². The highest BCUT2D eigenvalue weighted by Gasteiger charge is 2.36. The first kappa shape index (κ1) is 65.5. The number of amides is 8. The van der Waals surface area contributed by atoms with Crippen molar-refractivity contribution >= 4 is 96.2 Å². The predicted octanol–water partition coefficient (Wildman–Crippen LogP) is -1.77. The molecule has 0 bridgehead atoms. The topological polar surface area (TPSA) is 387 Å². The maximum atomic E-state index is 14.2. The lowest BCUT2D eigenvalue weighted by Crippen LogP contribution is -2.61. The average Bonchev–Trinajstić information content (AvgIpc) is 3.31. The smallest absolute Gasteiger partial charge is 0.327 e. The maximum Gasteiger partial charge on any atom is 0.327 e. The second-order valence-corrected chi connectivity index (χ2v) is 19.4. The first-order chi connectivity index (χ1) is 32.9. The lowest BCUT2D eigenvalue weighted by molar-refractivity contribution is -0.142. The number of carbonyl (C=O) groups excluding carboxylic acids is 8. The van der Waals surface area contributed by atoms with E-state index in [1.165, 1.54) is 18.7 Å². The Hall–Kier alpha value is -4.53. The molecule has 0 rings (SSSR count). The van der Waals surface area contributed by atoms with Crippen molar-refractivity contribution in [1.82, 2.24) is 42.5 Å². The van der Waals surface area contributed by atoms with E-state index in [9.17, 15) is 48.3 Å². The second-order valence-electron chi connectivity index (χ2n) is 17.7. The van der Waals surface area contributed by atoms with Gasteiger partial charge in [0.25, 0.3) is 0 Å². The van der Waals surface area contributed by atoms with Gasteiger partial charge in [0.1, 0.15) is 48.3 Å². The predicted molar refractivity (Wildman–Crippen MR) is 279 cm³/mol. The third kappa shape index (κ3) is 25.0. The number of aliphatic carboxylic acids is 1. The van der Waals surface area contributed by atoms with E-state index in [2.05, 4.69) is 72.8 Å². The number of nitrogens with two attached hydrogens (primary N) is 4. The Kier molecular flexibility index (Phi) is 33.3. The molecule has 0 saturated heterocycles. The lowest BCUT2D eigenvalue weighted by atomic mass is 9.96. The summed E-state index contributed by atoms with van der Waals surface area (Å²) in [6.45, 7) is 12.6. The van der Waals surface area contributed by atoms with Crippen molar-refractivity contribution in [3.63, 3.8) is 0 Å². The SMILES string of the molecule is CC[C@H](C)[C@H](NC(=O)[C@H](C)NC(=O)[C@H](CCCN=C(N)N)NC(=O)[C@H](CCSC)NC(=O)[C@H](CCCCN)NC(=O)[C@H](CC(C)C)NC(=O)[C@@H](NC(=O)[C@@H](N)CS)[C@@H](C)CC)C(=O)N[C@@H](CS)C(=O)O. The molecule has 0 aromatic heterocycles. The Balaban J connectivity index is 6.64. The Bertz CT molecular complexity index is 1730. The molecule has 8 amide bonds. The fourth-order valence-corrected chi connectivity index (χ4v) is 7.56. The summed E-state index contributed by atoms with van der Waals surface area (Å²) in [5.41, 5.74) is 22.6. The van der Waals surface area contributed by atoms with Crippen LogP contribution >= 0.6 is 37.0 Å². The summed E-state index contributed by atoms with van der Waals surface area (Å²) in [5.74, 6) is -7.77. The van der Waals surface area contributed by atoms with Crippen LogP contribution in [0, 0.1) is 17.8 Å². The number of aliphatic imine (C=N–C) groups is 1. The lowest BCUT2D eigenvalue weighted by Gasteiger charge is -2.29. The highest BCUT2D eigenvalue weighted by atomic mass is 32.2. The van der Waals surface area contributed by atoms with Gasteiger partial charge in [-0.1, -0.05) is 54.4 Å². The van der Waals surface area contributed by atoms with E-state index in [1.807, 2.05) is 20.8 Å². The quantitative estimate of drug-likeness (QED) is 0.0143. The van der Waals surface area contributed by atoms with Crippen molar-refractivity contribution in [2.45, 2.75) is 161 Å². The highest BCUT2D eigenvalue weighted by Crippen LogP contribution is 2.14. The first-order valence-corrected chi connectivity index (χ1v) is 26.5. The average molecular weight is 1050 g/mol. The molecular weight excluding hydrogens is 967 g/mol. The zero-order chi connectivity index (χ0) is 53.7. The molecule has 0 aliphatic rings. The van der Waals surface area contributed by atoms with Gasteiger partial charge < -0.3 is 70.6 Å². The Morgan fingerprint density at radius 2 is 1.01 bits per heavy atom. The standard InChI is InChI=1S/C44H83N13O10S3/c1-9-24(5)33(42(65)55-32(22-69)43(66)67)56-35(58)26(7)50-37(60)29(15-13-18-49-44(47)48)51-39(62)30(16-19-70-8)53-38(61)28(14-11-12-17-45)52-40(63)31(20-23(3)4)54-41(64)34(25(6)10-2)57-36(59)27(46)21-68/h23-34,68-69H,9-22,45-46H2,1-8H3,(H,50,60)(H,51,62)(H,52,63)(H,53,61)(H,54,64)(H,55,65)(H,56,58)(H,57,59)(H,66,67)(H4,47,48,49)/t24-,25-,26-,27-,28-,29-,30-,31-,32-,33-,34-/m0/s1. The molecule has 11 atom stereocenters. The van der Waals surface area contributed by atoms with Crippen LogP contribution in [0.15, 0.2) is 4.99 Å². The number of carbonyl (C=O) groups is 9. The van der Waals surface area contributed by atoms with Crippen LogP contribution in [0.1, 0.15) is 106 Å². The van der Waals surface area contributed by atoms with Crippen molar-refractivity contribution in [2.75, 3.05) is 36.6 Å². The fraction of sp³-hybridized carbons (Fsp3) is 0.773. The summed E-state index contributed by atoms with van der Waals surface area (Å²) < 4.78 is 0. The Morgan fingerprint density at radius 3 is 1.44 bits per heavy atom. The van der Waals surface area contributed by atoms with Crippen LogP contribution in [0.2, 0.25) is 0 Å². The summed E-state index contributed by atoms with van der Waals surface area (Å²) in [4.78, 5) is 125. The van der Waals surface area contributed by atoms with Gasteiger partial charge in [-0.3, -0.25) is 43.3 Å². The van der Waals surface area contributed by atoms with Crippen molar-refractivity contribution in [1.29, 1.82) is 0 Å². The molecule has 0 aromatic carbocycles. The van der Waals surface area contributed by atoms with E-state index in [-0.39, 0.29) is 67.9 Å². The van der Waals surface area contributed by atoms with Gasteiger partial charge in [0.05, 0.1) is 6.04 Å². The normalized spacial score (nSPS) is 15.9. The van der Waals surface area contributed by atoms with Crippen molar-refractivity contribution in [3.8, 4) is 0 Å². The summed E-state index contributed by atoms with van der Waals surface area (Å²) in [5, 5.41) is 30.6. The number of thioether (sulfide) groups is 1. The summed E-state index contributed by atoms with van der Waals surface area (Å²) >= 11 is 9.46. The maximum absolute atomic E-state index is 14.2. The van der Waals surface area contributed by atoms with Crippen molar-refractivity contribution in [3.05, 3.63) is 0 Å². The fourth-order valence-electron chi connectivity index (χ4n) is 6.67. The van der Waals surface area contributed by atoms with E-state index in [0.29, 0.717) is 38.0 Å². The minimum atomic E-state index is -1.31. The Morgan fingerprint density at radius 1 is 0.571 bits per heavy atom. The molecule has 0 unspecified atom stereocenters. The monoisotopic (exact) mass is 1050 g/mol. The molecule has 26 heteroatoms. The van der Waals surface area contributed by atoms with Gasteiger partial charge in [-0.2, -0.15) is 37.0 Å². The molecular formula is C44H83N13O10S3. The number of carboxylic acids is 1. The van der Waals surface area contributed by atoms with Gasteiger partial charge in [0.15, 0.2) is 5.96 Å². The molecule has 0 aliphatic carbocycles. The van der Waals surface area contributed by atoms with Gasteiger partial charge in [-0.25, -0.2) is 4.79 Å². The molecule has 23 nitrogen and oxygen atoms in total. The summed E-state index contributed by atoms with van der Waals surface area (Å²) in [6.07, 6.45) is 4.24.